The molecule has 17 heavy (non-hydrogen) atoms. The molecule has 0 aliphatic carbocycles. The van der Waals surface area contributed by atoms with E-state index in [1.54, 1.807) is 12.1 Å². The van der Waals surface area contributed by atoms with Crippen LogP contribution in [-0.4, -0.2) is 15.8 Å². The fourth-order valence-electron chi connectivity index (χ4n) is 1.11. The summed E-state index contributed by atoms with van der Waals surface area (Å²) in [5.74, 6) is 6.36. The first-order chi connectivity index (χ1) is 8.09. The van der Waals surface area contributed by atoms with Crippen molar-refractivity contribution in [3.63, 3.8) is 0 Å². The van der Waals surface area contributed by atoms with Crippen molar-refractivity contribution in [3.05, 3.63) is 39.9 Å². The van der Waals surface area contributed by atoms with Gasteiger partial charge in [-0.1, -0.05) is 29.7 Å². The van der Waals surface area contributed by atoms with Crippen molar-refractivity contribution in [1.82, 2.24) is 0 Å². The van der Waals surface area contributed by atoms with Crippen LogP contribution in [0.1, 0.15) is 18.9 Å². The number of thioether (sulfide) groups is 1. The normalized spacial score (nSPS) is 9.24. The van der Waals surface area contributed by atoms with Crippen LogP contribution in [0.25, 0.3) is 0 Å². The molecule has 0 saturated carbocycles. The van der Waals surface area contributed by atoms with E-state index in [0.29, 0.717) is 17.7 Å². The van der Waals surface area contributed by atoms with Gasteiger partial charge in [0.15, 0.2) is 5.12 Å². The molecule has 0 N–H and O–H groups in total. The van der Waals surface area contributed by atoms with Gasteiger partial charge in [-0.05, 0) is 6.07 Å². The van der Waals surface area contributed by atoms with Gasteiger partial charge in [0.05, 0.1) is 4.92 Å². The van der Waals surface area contributed by atoms with Crippen molar-refractivity contribution in [2.45, 2.75) is 13.3 Å². The van der Waals surface area contributed by atoms with Gasteiger partial charge in [0.25, 0.3) is 5.69 Å². The van der Waals surface area contributed by atoms with E-state index in [1.165, 1.54) is 30.8 Å². The zero-order valence-electron chi connectivity index (χ0n) is 9.30. The average molecular weight is 249 g/mol. The summed E-state index contributed by atoms with van der Waals surface area (Å²) in [5.41, 5.74) is 0.655. The van der Waals surface area contributed by atoms with Crippen LogP contribution < -0.4 is 0 Å². The second-order valence-corrected chi connectivity index (χ2v) is 4.47. The molecule has 0 atom stereocenters. The number of non-ortho nitro benzene ring substituents is 1. The number of nitro benzene ring substituents is 1. The van der Waals surface area contributed by atoms with Crippen molar-refractivity contribution in [2.75, 3.05) is 5.75 Å². The summed E-state index contributed by atoms with van der Waals surface area (Å²) in [6.45, 7) is 1.51. The number of hydrogen-bond acceptors (Lipinski definition) is 4. The molecule has 88 valence electrons. The third kappa shape index (κ3) is 5.18. The number of benzene rings is 1. The maximum absolute atomic E-state index is 10.6. The number of nitro groups is 1. The van der Waals surface area contributed by atoms with Gasteiger partial charge < -0.3 is 0 Å². The van der Waals surface area contributed by atoms with Crippen molar-refractivity contribution in [3.8, 4) is 11.8 Å². The molecule has 0 unspecified atom stereocenters. The Balaban J connectivity index is 2.56. The Hall–Kier alpha value is -1.80. The van der Waals surface area contributed by atoms with Crippen molar-refractivity contribution in [1.29, 1.82) is 0 Å². The van der Waals surface area contributed by atoms with Gasteiger partial charge in [-0.15, -0.1) is 0 Å². The lowest BCUT2D eigenvalue weighted by Crippen LogP contribution is -1.88. The number of carbonyl (C=O) groups excluding carboxylic acids is 1. The number of hydrogen-bond donors (Lipinski definition) is 0. The lowest BCUT2D eigenvalue weighted by Gasteiger charge is -1.92. The smallest absolute Gasteiger partial charge is 0.270 e. The van der Waals surface area contributed by atoms with Crippen LogP contribution in [0.4, 0.5) is 5.69 Å². The molecule has 4 nitrogen and oxygen atoms in total. The maximum Gasteiger partial charge on any atom is 0.270 e. The van der Waals surface area contributed by atoms with Gasteiger partial charge in [0.2, 0.25) is 0 Å². The van der Waals surface area contributed by atoms with Crippen molar-refractivity contribution < 1.29 is 9.72 Å². The van der Waals surface area contributed by atoms with E-state index < -0.39 is 4.92 Å². The van der Waals surface area contributed by atoms with E-state index in [0.717, 1.165) is 0 Å². The molecule has 1 rings (SSSR count). The monoisotopic (exact) mass is 249 g/mol. The van der Waals surface area contributed by atoms with Gasteiger partial charge >= 0.3 is 0 Å². The summed E-state index contributed by atoms with van der Waals surface area (Å²) in [5, 5.41) is 10.6. The SMILES string of the molecule is CC(=O)SCCC#Cc1cccc([N+](=O)[O-])c1. The molecule has 0 aliphatic rings. The zero-order valence-corrected chi connectivity index (χ0v) is 10.1. The highest BCUT2D eigenvalue weighted by atomic mass is 32.2. The minimum Gasteiger partial charge on any atom is -0.288 e. The highest BCUT2D eigenvalue weighted by molar-refractivity contribution is 8.13. The number of nitrogens with zero attached hydrogens (tertiary/aromatic N) is 1. The highest BCUT2D eigenvalue weighted by Crippen LogP contribution is 2.12. The molecule has 0 saturated heterocycles. The van der Waals surface area contributed by atoms with Gasteiger partial charge in [-0.3, -0.25) is 14.9 Å². The predicted octanol–water partition coefficient (Wildman–Crippen LogP) is 2.62. The van der Waals surface area contributed by atoms with E-state index in [-0.39, 0.29) is 10.8 Å². The number of rotatable bonds is 3. The van der Waals surface area contributed by atoms with Crippen molar-refractivity contribution >= 4 is 22.6 Å². The lowest BCUT2D eigenvalue weighted by molar-refractivity contribution is -0.384. The molecule has 1 aromatic carbocycles. The molecule has 0 bridgehead atoms. The second-order valence-electron chi connectivity index (χ2n) is 3.20. The van der Waals surface area contributed by atoms with Crippen LogP contribution in [-0.2, 0) is 4.79 Å². The molecule has 0 amide bonds. The van der Waals surface area contributed by atoms with Crippen LogP contribution >= 0.6 is 11.8 Å². The fourth-order valence-corrected chi connectivity index (χ4v) is 1.60. The molecular formula is C12H11NO3S. The molecule has 1 aromatic rings. The molecular weight excluding hydrogens is 238 g/mol. The molecule has 0 heterocycles. The third-order valence-electron chi connectivity index (χ3n) is 1.82. The van der Waals surface area contributed by atoms with Gasteiger partial charge in [-0.25, -0.2) is 0 Å². The van der Waals surface area contributed by atoms with Gasteiger partial charge in [-0.2, -0.15) is 0 Å². The quantitative estimate of drug-likeness (QED) is 0.357. The van der Waals surface area contributed by atoms with Crippen LogP contribution in [0.3, 0.4) is 0 Å². The summed E-state index contributed by atoms with van der Waals surface area (Å²) in [7, 11) is 0. The standard InChI is InChI=1S/C12H11NO3S/c1-10(14)17-8-3-2-5-11-6-4-7-12(9-11)13(15)16/h4,6-7,9H,3,8H2,1H3. The first-order valence-electron chi connectivity index (χ1n) is 4.96. The van der Waals surface area contributed by atoms with E-state index in [1.807, 2.05) is 0 Å². The summed E-state index contributed by atoms with van der Waals surface area (Å²) < 4.78 is 0. The van der Waals surface area contributed by atoms with Crippen LogP contribution in [0.2, 0.25) is 0 Å². The molecule has 0 aliphatic heterocycles. The molecule has 5 heteroatoms. The minimum absolute atomic E-state index is 0.0370. The first-order valence-corrected chi connectivity index (χ1v) is 5.95. The largest absolute Gasteiger partial charge is 0.288 e. The maximum atomic E-state index is 10.6. The Morgan fingerprint density at radius 1 is 1.53 bits per heavy atom. The Bertz CT molecular complexity index is 488. The van der Waals surface area contributed by atoms with Crippen LogP contribution in [0, 0.1) is 22.0 Å². The highest BCUT2D eigenvalue weighted by Gasteiger charge is 2.03. The van der Waals surface area contributed by atoms with Crippen LogP contribution in [0.15, 0.2) is 24.3 Å². The summed E-state index contributed by atoms with van der Waals surface area (Å²) in [6.07, 6.45) is 0.590. The summed E-state index contributed by atoms with van der Waals surface area (Å²) in [4.78, 5) is 20.7. The van der Waals surface area contributed by atoms with Crippen LogP contribution in [0.5, 0.6) is 0 Å². The van der Waals surface area contributed by atoms with Crippen molar-refractivity contribution in [2.24, 2.45) is 0 Å². The zero-order chi connectivity index (χ0) is 12.7. The molecule has 0 aromatic heterocycles. The molecule has 0 fully saturated rings. The Morgan fingerprint density at radius 2 is 2.29 bits per heavy atom. The lowest BCUT2D eigenvalue weighted by atomic mass is 10.2. The minimum atomic E-state index is -0.448. The topological polar surface area (TPSA) is 60.2 Å². The van der Waals surface area contributed by atoms with E-state index in [2.05, 4.69) is 11.8 Å². The van der Waals surface area contributed by atoms with E-state index in [4.69, 9.17) is 0 Å². The summed E-state index contributed by atoms with van der Waals surface area (Å²) in [6, 6.07) is 6.19. The first kappa shape index (κ1) is 13.3. The summed E-state index contributed by atoms with van der Waals surface area (Å²) >= 11 is 1.22. The van der Waals surface area contributed by atoms with Gasteiger partial charge in [0, 0.05) is 36.8 Å². The number of carbonyl (C=O) groups is 1. The predicted molar refractivity (Wildman–Crippen MR) is 67.7 cm³/mol. The Morgan fingerprint density at radius 3 is 2.94 bits per heavy atom. The Labute approximate surface area is 104 Å². The van der Waals surface area contributed by atoms with E-state index in [9.17, 15) is 14.9 Å². The second kappa shape index (κ2) is 6.71. The third-order valence-corrected chi connectivity index (χ3v) is 2.64. The average Bonchev–Trinajstić information content (AvgIpc) is 2.28. The fraction of sp³-hybridized carbons (Fsp3) is 0.250. The van der Waals surface area contributed by atoms with Gasteiger partial charge in [0.1, 0.15) is 0 Å². The van der Waals surface area contributed by atoms with E-state index >= 15 is 0 Å². The molecule has 0 spiro atoms. The Kier molecular flexibility index (Phi) is 5.24. The molecule has 0 radical (unpaired) electrons.